The first-order chi connectivity index (χ1) is 7.22. The average molecular weight is 207 g/mol. The number of pyridine rings is 1. The van der Waals surface area contributed by atoms with Gasteiger partial charge in [0.1, 0.15) is 5.82 Å². The van der Waals surface area contributed by atoms with E-state index in [-0.39, 0.29) is 5.91 Å². The van der Waals surface area contributed by atoms with Gasteiger partial charge in [0, 0.05) is 19.2 Å². The molecule has 4 heteroatoms. The Morgan fingerprint density at radius 1 is 1.47 bits per heavy atom. The second kappa shape index (κ2) is 6.14. The van der Waals surface area contributed by atoms with E-state index in [9.17, 15) is 4.79 Å². The van der Waals surface area contributed by atoms with E-state index in [1.165, 1.54) is 0 Å². The van der Waals surface area contributed by atoms with E-state index in [2.05, 4.69) is 15.6 Å². The minimum Gasteiger partial charge on any atom is -0.316 e. The Hall–Kier alpha value is -1.42. The normalized spacial score (nSPS) is 10.0. The maximum atomic E-state index is 11.4. The Balaban J connectivity index is 2.34. The SMILES string of the molecule is CCNCCC(=O)Nc1ccc(C)cn1. The second-order valence-corrected chi connectivity index (χ2v) is 3.37. The lowest BCUT2D eigenvalue weighted by Crippen LogP contribution is -2.21. The smallest absolute Gasteiger partial charge is 0.226 e. The van der Waals surface area contributed by atoms with Crippen LogP contribution in [0.15, 0.2) is 18.3 Å². The molecule has 1 aromatic heterocycles. The van der Waals surface area contributed by atoms with E-state index in [4.69, 9.17) is 0 Å². The van der Waals surface area contributed by atoms with E-state index in [0.717, 1.165) is 12.1 Å². The van der Waals surface area contributed by atoms with Crippen LogP contribution in [0, 0.1) is 6.92 Å². The molecule has 0 aromatic carbocycles. The molecule has 0 bridgehead atoms. The zero-order chi connectivity index (χ0) is 11.1. The van der Waals surface area contributed by atoms with Crippen LogP contribution in [0.1, 0.15) is 18.9 Å². The van der Waals surface area contributed by atoms with Crippen molar-refractivity contribution in [2.24, 2.45) is 0 Å². The summed E-state index contributed by atoms with van der Waals surface area (Å²) >= 11 is 0. The first kappa shape index (κ1) is 11.7. The van der Waals surface area contributed by atoms with Crippen LogP contribution in [0.25, 0.3) is 0 Å². The summed E-state index contributed by atoms with van der Waals surface area (Å²) in [5.41, 5.74) is 1.08. The van der Waals surface area contributed by atoms with Gasteiger partial charge in [-0.25, -0.2) is 4.98 Å². The molecule has 0 saturated carbocycles. The third kappa shape index (κ3) is 4.56. The maximum Gasteiger partial charge on any atom is 0.226 e. The molecular formula is C11H17N3O. The minimum atomic E-state index is -0.00713. The fraction of sp³-hybridized carbons (Fsp3) is 0.455. The van der Waals surface area contributed by atoms with E-state index in [0.29, 0.717) is 18.8 Å². The number of hydrogen-bond acceptors (Lipinski definition) is 3. The number of amides is 1. The van der Waals surface area contributed by atoms with Crippen molar-refractivity contribution in [3.05, 3.63) is 23.9 Å². The molecule has 4 nitrogen and oxygen atoms in total. The Labute approximate surface area is 90.1 Å². The molecule has 0 radical (unpaired) electrons. The summed E-state index contributed by atoms with van der Waals surface area (Å²) in [5, 5.41) is 5.83. The van der Waals surface area contributed by atoms with Crippen molar-refractivity contribution >= 4 is 11.7 Å². The molecule has 2 N–H and O–H groups in total. The van der Waals surface area contributed by atoms with Gasteiger partial charge in [-0.15, -0.1) is 0 Å². The number of aryl methyl sites for hydroxylation is 1. The van der Waals surface area contributed by atoms with E-state index in [1.54, 1.807) is 12.3 Å². The first-order valence-corrected chi connectivity index (χ1v) is 5.15. The topological polar surface area (TPSA) is 54.0 Å². The Kier molecular flexibility index (Phi) is 4.77. The lowest BCUT2D eigenvalue weighted by atomic mass is 10.3. The maximum absolute atomic E-state index is 11.4. The van der Waals surface area contributed by atoms with Crippen molar-refractivity contribution in [3.63, 3.8) is 0 Å². The molecule has 1 amide bonds. The molecule has 1 heterocycles. The van der Waals surface area contributed by atoms with Crippen LogP contribution in [0.2, 0.25) is 0 Å². The molecule has 1 rings (SSSR count). The van der Waals surface area contributed by atoms with Crippen LogP contribution in [0.5, 0.6) is 0 Å². The summed E-state index contributed by atoms with van der Waals surface area (Å²) < 4.78 is 0. The first-order valence-electron chi connectivity index (χ1n) is 5.15. The van der Waals surface area contributed by atoms with Crippen molar-refractivity contribution in [2.75, 3.05) is 18.4 Å². The molecule has 0 aliphatic carbocycles. The minimum absolute atomic E-state index is 0.00713. The molecule has 0 saturated heterocycles. The van der Waals surface area contributed by atoms with Crippen LogP contribution in [-0.4, -0.2) is 24.0 Å². The van der Waals surface area contributed by atoms with Gasteiger partial charge in [-0.05, 0) is 25.1 Å². The number of nitrogens with zero attached hydrogens (tertiary/aromatic N) is 1. The highest BCUT2D eigenvalue weighted by Crippen LogP contribution is 2.03. The number of rotatable bonds is 5. The molecule has 0 atom stereocenters. The highest BCUT2D eigenvalue weighted by Gasteiger charge is 2.01. The van der Waals surface area contributed by atoms with E-state index in [1.807, 2.05) is 19.9 Å². The number of carbonyl (C=O) groups excluding carboxylic acids is 1. The van der Waals surface area contributed by atoms with Crippen LogP contribution < -0.4 is 10.6 Å². The quantitative estimate of drug-likeness (QED) is 0.716. The predicted octanol–water partition coefficient (Wildman–Crippen LogP) is 1.33. The summed E-state index contributed by atoms with van der Waals surface area (Å²) in [7, 11) is 0. The molecular weight excluding hydrogens is 190 g/mol. The van der Waals surface area contributed by atoms with Crippen LogP contribution >= 0.6 is 0 Å². The Morgan fingerprint density at radius 2 is 2.27 bits per heavy atom. The molecule has 82 valence electrons. The molecule has 1 aromatic rings. The monoisotopic (exact) mass is 207 g/mol. The zero-order valence-corrected chi connectivity index (χ0v) is 9.21. The number of aromatic nitrogens is 1. The Bertz CT molecular complexity index is 308. The van der Waals surface area contributed by atoms with Gasteiger partial charge in [-0.1, -0.05) is 13.0 Å². The summed E-state index contributed by atoms with van der Waals surface area (Å²) in [4.78, 5) is 15.5. The standard InChI is InChI=1S/C11H17N3O/c1-3-12-7-6-11(15)14-10-5-4-9(2)8-13-10/h4-5,8,12H,3,6-7H2,1-2H3,(H,13,14,15). The van der Waals surface area contributed by atoms with Crippen LogP contribution in [0.3, 0.4) is 0 Å². The molecule has 0 aliphatic heterocycles. The van der Waals surface area contributed by atoms with Crippen molar-refractivity contribution in [2.45, 2.75) is 20.3 Å². The summed E-state index contributed by atoms with van der Waals surface area (Å²) in [6.07, 6.45) is 2.21. The molecule has 0 unspecified atom stereocenters. The third-order valence-electron chi connectivity index (χ3n) is 1.96. The largest absolute Gasteiger partial charge is 0.316 e. The predicted molar refractivity (Wildman–Crippen MR) is 60.8 cm³/mol. The molecule has 0 aliphatic rings. The summed E-state index contributed by atoms with van der Waals surface area (Å²) in [6, 6.07) is 3.73. The van der Waals surface area contributed by atoms with Crippen molar-refractivity contribution in [3.8, 4) is 0 Å². The molecule has 0 spiro atoms. The van der Waals surface area contributed by atoms with Gasteiger partial charge < -0.3 is 10.6 Å². The third-order valence-corrected chi connectivity index (χ3v) is 1.96. The summed E-state index contributed by atoms with van der Waals surface area (Å²) in [5.74, 6) is 0.606. The van der Waals surface area contributed by atoms with Gasteiger partial charge in [-0.3, -0.25) is 4.79 Å². The van der Waals surface area contributed by atoms with Crippen molar-refractivity contribution < 1.29 is 4.79 Å². The number of nitrogens with one attached hydrogen (secondary N) is 2. The molecule has 0 fully saturated rings. The van der Waals surface area contributed by atoms with Gasteiger partial charge in [0.15, 0.2) is 0 Å². The van der Waals surface area contributed by atoms with Gasteiger partial charge in [0.25, 0.3) is 0 Å². The van der Waals surface area contributed by atoms with Gasteiger partial charge in [0.2, 0.25) is 5.91 Å². The zero-order valence-electron chi connectivity index (χ0n) is 9.21. The second-order valence-electron chi connectivity index (χ2n) is 3.37. The lowest BCUT2D eigenvalue weighted by molar-refractivity contribution is -0.116. The van der Waals surface area contributed by atoms with Gasteiger partial charge >= 0.3 is 0 Å². The summed E-state index contributed by atoms with van der Waals surface area (Å²) in [6.45, 7) is 5.56. The Morgan fingerprint density at radius 3 is 2.87 bits per heavy atom. The lowest BCUT2D eigenvalue weighted by Gasteiger charge is -2.04. The van der Waals surface area contributed by atoms with Crippen molar-refractivity contribution in [1.82, 2.24) is 10.3 Å². The number of hydrogen-bond donors (Lipinski definition) is 2. The number of anilines is 1. The highest BCUT2D eigenvalue weighted by atomic mass is 16.1. The number of carbonyl (C=O) groups is 1. The van der Waals surface area contributed by atoms with Crippen LogP contribution in [-0.2, 0) is 4.79 Å². The van der Waals surface area contributed by atoms with E-state index >= 15 is 0 Å². The van der Waals surface area contributed by atoms with Crippen LogP contribution in [0.4, 0.5) is 5.82 Å². The van der Waals surface area contributed by atoms with Gasteiger partial charge in [0.05, 0.1) is 0 Å². The van der Waals surface area contributed by atoms with E-state index < -0.39 is 0 Å². The fourth-order valence-corrected chi connectivity index (χ4v) is 1.13. The molecule has 15 heavy (non-hydrogen) atoms. The van der Waals surface area contributed by atoms with Gasteiger partial charge in [-0.2, -0.15) is 0 Å². The fourth-order valence-electron chi connectivity index (χ4n) is 1.13. The highest BCUT2D eigenvalue weighted by molar-refractivity contribution is 5.89. The van der Waals surface area contributed by atoms with Crippen molar-refractivity contribution in [1.29, 1.82) is 0 Å². The average Bonchev–Trinajstić information content (AvgIpc) is 2.22.